The molecule has 2 amide bonds. The molecule has 3 aliphatic heterocycles. The predicted molar refractivity (Wildman–Crippen MR) is 131 cm³/mol. The maximum absolute atomic E-state index is 12.8. The first kappa shape index (κ1) is 24.2. The first-order valence-corrected chi connectivity index (χ1v) is 12.3. The highest BCUT2D eigenvalue weighted by atomic mass is 16.7. The van der Waals surface area contributed by atoms with Crippen LogP contribution >= 0.6 is 0 Å². The average Bonchev–Trinajstić information content (AvgIpc) is 3.58. The first-order valence-electron chi connectivity index (χ1n) is 12.3. The van der Waals surface area contributed by atoms with Gasteiger partial charge >= 0.3 is 0 Å². The van der Waals surface area contributed by atoms with E-state index in [4.69, 9.17) is 18.9 Å². The maximum Gasteiger partial charge on any atom is 0.237 e. The Morgan fingerprint density at radius 3 is 1.50 bits per heavy atom. The summed E-state index contributed by atoms with van der Waals surface area (Å²) in [4.78, 5) is 29.8. The number of nitrogens with one attached hydrogen (secondary N) is 2. The van der Waals surface area contributed by atoms with E-state index in [-0.39, 0.29) is 37.5 Å². The van der Waals surface area contributed by atoms with Gasteiger partial charge in [0.05, 0.1) is 12.1 Å². The number of amides is 2. The molecule has 3 heterocycles. The molecule has 0 unspecified atom stereocenters. The van der Waals surface area contributed by atoms with Crippen LogP contribution in [0.3, 0.4) is 0 Å². The van der Waals surface area contributed by atoms with Crippen molar-refractivity contribution < 1.29 is 28.5 Å². The van der Waals surface area contributed by atoms with Gasteiger partial charge in [0, 0.05) is 39.3 Å². The van der Waals surface area contributed by atoms with Gasteiger partial charge in [-0.3, -0.25) is 19.4 Å². The number of ether oxygens (including phenoxy) is 4. The van der Waals surface area contributed by atoms with Crippen molar-refractivity contribution in [1.82, 2.24) is 20.4 Å². The third-order valence-electron chi connectivity index (χ3n) is 7.01. The molecule has 0 aliphatic carbocycles. The van der Waals surface area contributed by atoms with E-state index in [1.54, 1.807) is 0 Å². The lowest BCUT2D eigenvalue weighted by Gasteiger charge is -2.39. The molecule has 2 atom stereocenters. The molecule has 1 fully saturated rings. The van der Waals surface area contributed by atoms with Crippen LogP contribution in [0.25, 0.3) is 0 Å². The lowest BCUT2D eigenvalue weighted by molar-refractivity contribution is -0.130. The SMILES string of the molecule is C[C@H](C(=O)NCc1ccc2c(c1)OCO2)N1CCN([C@@H](C)C(=O)NCc2ccc3c(c2)OCO3)CC1. The van der Waals surface area contributed by atoms with Crippen molar-refractivity contribution >= 4 is 11.8 Å². The van der Waals surface area contributed by atoms with Crippen molar-refractivity contribution in [3.05, 3.63) is 47.5 Å². The molecule has 36 heavy (non-hydrogen) atoms. The summed E-state index contributed by atoms with van der Waals surface area (Å²) in [7, 11) is 0. The van der Waals surface area contributed by atoms with Gasteiger partial charge in [-0.2, -0.15) is 0 Å². The molecule has 0 spiro atoms. The smallest absolute Gasteiger partial charge is 0.237 e. The van der Waals surface area contributed by atoms with Gasteiger partial charge in [0.25, 0.3) is 0 Å². The average molecular weight is 497 g/mol. The summed E-state index contributed by atoms with van der Waals surface area (Å²) < 4.78 is 21.5. The van der Waals surface area contributed by atoms with Crippen LogP contribution in [0.4, 0.5) is 0 Å². The van der Waals surface area contributed by atoms with Gasteiger partial charge in [-0.05, 0) is 49.2 Å². The van der Waals surface area contributed by atoms with Crippen LogP contribution in [0.15, 0.2) is 36.4 Å². The van der Waals surface area contributed by atoms with E-state index in [1.807, 2.05) is 50.2 Å². The van der Waals surface area contributed by atoms with E-state index in [2.05, 4.69) is 20.4 Å². The highest BCUT2D eigenvalue weighted by molar-refractivity contribution is 5.82. The zero-order valence-corrected chi connectivity index (χ0v) is 20.6. The van der Waals surface area contributed by atoms with Crippen LogP contribution in [-0.4, -0.2) is 73.5 Å². The second-order valence-electron chi connectivity index (χ2n) is 9.23. The maximum atomic E-state index is 12.8. The minimum absolute atomic E-state index is 0.0179. The number of rotatable bonds is 8. The normalized spacial score (nSPS) is 18.5. The number of carbonyl (C=O) groups is 2. The minimum atomic E-state index is -0.253. The van der Waals surface area contributed by atoms with E-state index in [9.17, 15) is 9.59 Å². The summed E-state index contributed by atoms with van der Waals surface area (Å²) in [6.07, 6.45) is 0. The molecule has 0 radical (unpaired) electrons. The number of nitrogens with zero attached hydrogens (tertiary/aromatic N) is 2. The van der Waals surface area contributed by atoms with Crippen molar-refractivity contribution in [2.75, 3.05) is 39.8 Å². The summed E-state index contributed by atoms with van der Waals surface area (Å²) in [5.74, 6) is 2.84. The summed E-state index contributed by atoms with van der Waals surface area (Å²) in [6, 6.07) is 10.9. The molecule has 0 aromatic heterocycles. The fraction of sp³-hybridized carbons (Fsp3) is 0.462. The molecule has 2 aromatic rings. The summed E-state index contributed by atoms with van der Waals surface area (Å²) in [6.45, 7) is 8.05. The van der Waals surface area contributed by atoms with Gasteiger partial charge in [-0.15, -0.1) is 0 Å². The van der Waals surface area contributed by atoms with E-state index in [0.717, 1.165) is 48.8 Å². The monoisotopic (exact) mass is 496 g/mol. The third kappa shape index (κ3) is 5.34. The summed E-state index contributed by atoms with van der Waals surface area (Å²) in [5, 5.41) is 6.03. The van der Waals surface area contributed by atoms with Gasteiger partial charge < -0.3 is 29.6 Å². The fourth-order valence-corrected chi connectivity index (χ4v) is 4.62. The number of benzene rings is 2. The number of piperazine rings is 1. The molecule has 2 aromatic carbocycles. The number of fused-ring (bicyclic) bond motifs is 2. The Balaban J connectivity index is 1.04. The zero-order valence-electron chi connectivity index (χ0n) is 20.6. The van der Waals surface area contributed by atoms with Gasteiger partial charge in [0.1, 0.15) is 0 Å². The molecule has 2 N–H and O–H groups in total. The quantitative estimate of drug-likeness (QED) is 0.567. The zero-order chi connectivity index (χ0) is 25.1. The van der Waals surface area contributed by atoms with Gasteiger partial charge in [-0.25, -0.2) is 0 Å². The Labute approximate surface area is 210 Å². The molecule has 10 nitrogen and oxygen atoms in total. The second-order valence-corrected chi connectivity index (χ2v) is 9.23. The van der Waals surface area contributed by atoms with Gasteiger partial charge in [0.2, 0.25) is 25.4 Å². The first-order chi connectivity index (χ1) is 17.5. The van der Waals surface area contributed by atoms with Crippen LogP contribution in [0.1, 0.15) is 25.0 Å². The largest absolute Gasteiger partial charge is 0.454 e. The third-order valence-corrected chi connectivity index (χ3v) is 7.01. The Kier molecular flexibility index (Phi) is 7.15. The molecular formula is C26H32N4O6. The van der Waals surface area contributed by atoms with Crippen molar-refractivity contribution in [2.24, 2.45) is 0 Å². The van der Waals surface area contributed by atoms with Crippen molar-refractivity contribution in [1.29, 1.82) is 0 Å². The van der Waals surface area contributed by atoms with Crippen LogP contribution in [-0.2, 0) is 22.7 Å². The molecule has 192 valence electrons. The Hall–Kier alpha value is -3.50. The van der Waals surface area contributed by atoms with Crippen LogP contribution in [0, 0.1) is 0 Å². The van der Waals surface area contributed by atoms with Crippen molar-refractivity contribution in [2.45, 2.75) is 39.0 Å². The lowest BCUT2D eigenvalue weighted by atomic mass is 10.1. The minimum Gasteiger partial charge on any atom is -0.454 e. The van der Waals surface area contributed by atoms with E-state index >= 15 is 0 Å². The lowest BCUT2D eigenvalue weighted by Crippen LogP contribution is -2.57. The summed E-state index contributed by atoms with van der Waals surface area (Å²) in [5.41, 5.74) is 1.93. The topological polar surface area (TPSA) is 102 Å². The van der Waals surface area contributed by atoms with Crippen LogP contribution in [0.2, 0.25) is 0 Å². The van der Waals surface area contributed by atoms with E-state index in [0.29, 0.717) is 24.6 Å². The molecule has 1 saturated heterocycles. The van der Waals surface area contributed by atoms with Crippen LogP contribution in [0.5, 0.6) is 23.0 Å². The fourth-order valence-electron chi connectivity index (χ4n) is 4.62. The van der Waals surface area contributed by atoms with Crippen LogP contribution < -0.4 is 29.6 Å². The predicted octanol–water partition coefficient (Wildman–Crippen LogP) is 1.47. The van der Waals surface area contributed by atoms with E-state index in [1.165, 1.54) is 0 Å². The number of carbonyl (C=O) groups excluding carboxylic acids is 2. The Morgan fingerprint density at radius 2 is 1.08 bits per heavy atom. The Morgan fingerprint density at radius 1 is 0.694 bits per heavy atom. The molecule has 5 rings (SSSR count). The highest BCUT2D eigenvalue weighted by Crippen LogP contribution is 2.33. The highest BCUT2D eigenvalue weighted by Gasteiger charge is 2.29. The standard InChI is InChI=1S/C26H32N4O6/c1-17(25(31)27-13-19-3-5-21-23(11-19)35-15-33-21)29-7-9-30(10-8-29)18(2)26(32)28-14-20-4-6-22-24(12-20)36-16-34-22/h3-6,11-12,17-18H,7-10,13-16H2,1-2H3,(H,27,31)(H,28,32)/t17-,18+. The number of hydrogen-bond donors (Lipinski definition) is 2. The molecule has 0 saturated carbocycles. The Bertz CT molecular complexity index is 1030. The number of hydrogen-bond acceptors (Lipinski definition) is 8. The van der Waals surface area contributed by atoms with Gasteiger partial charge in [0.15, 0.2) is 23.0 Å². The molecule has 3 aliphatic rings. The molecule has 10 heteroatoms. The van der Waals surface area contributed by atoms with Gasteiger partial charge in [-0.1, -0.05) is 12.1 Å². The second kappa shape index (κ2) is 10.6. The van der Waals surface area contributed by atoms with E-state index < -0.39 is 0 Å². The molecular weight excluding hydrogens is 464 g/mol. The van der Waals surface area contributed by atoms with Crippen molar-refractivity contribution in [3.8, 4) is 23.0 Å². The molecule has 0 bridgehead atoms. The summed E-state index contributed by atoms with van der Waals surface area (Å²) >= 11 is 0. The van der Waals surface area contributed by atoms with Crippen molar-refractivity contribution in [3.63, 3.8) is 0 Å².